The lowest BCUT2D eigenvalue weighted by Crippen LogP contribution is -2.40. The van der Waals surface area contributed by atoms with Gasteiger partial charge in [0.1, 0.15) is 0 Å². The van der Waals surface area contributed by atoms with Crippen molar-refractivity contribution in [3.8, 4) is 0 Å². The average molecular weight is 195 g/mol. The molecule has 0 bridgehead atoms. The number of nitrogens with two attached hydrogens (primary N) is 1. The van der Waals surface area contributed by atoms with Gasteiger partial charge in [0.15, 0.2) is 0 Å². The summed E-state index contributed by atoms with van der Waals surface area (Å²) in [6.07, 6.45) is 5.66. The molecule has 0 aromatic heterocycles. The van der Waals surface area contributed by atoms with Gasteiger partial charge < -0.3 is 16.4 Å². The highest BCUT2D eigenvalue weighted by Gasteiger charge is 2.12. The molecule has 5 heteroatoms. The van der Waals surface area contributed by atoms with Crippen molar-refractivity contribution in [1.29, 1.82) is 0 Å². The number of nitrogens with one attached hydrogen (secondary N) is 2. The van der Waals surface area contributed by atoms with E-state index < -0.39 is 5.91 Å². The summed E-state index contributed by atoms with van der Waals surface area (Å²) in [5, 5.41) is 5.14. The Bertz CT molecular complexity index is 307. The minimum Gasteiger partial charge on any atom is -0.366 e. The molecule has 1 atom stereocenters. The first kappa shape index (κ1) is 10.3. The summed E-state index contributed by atoms with van der Waals surface area (Å²) in [4.78, 5) is 21.7. The van der Waals surface area contributed by atoms with E-state index in [2.05, 4.69) is 10.6 Å². The van der Waals surface area contributed by atoms with Crippen molar-refractivity contribution in [3.05, 3.63) is 23.8 Å². The Balaban J connectivity index is 2.48. The molecule has 0 saturated heterocycles. The van der Waals surface area contributed by atoms with Crippen molar-refractivity contribution in [2.24, 2.45) is 5.73 Å². The Morgan fingerprint density at radius 1 is 1.57 bits per heavy atom. The Morgan fingerprint density at radius 2 is 2.29 bits per heavy atom. The van der Waals surface area contributed by atoms with Crippen LogP contribution >= 0.6 is 0 Å². The number of hydrogen-bond acceptors (Lipinski definition) is 2. The number of carbonyl (C=O) groups is 2. The average Bonchev–Trinajstić information content (AvgIpc) is 2.18. The van der Waals surface area contributed by atoms with Crippen LogP contribution in [0.2, 0.25) is 0 Å². The van der Waals surface area contributed by atoms with Gasteiger partial charge in [0.25, 0.3) is 0 Å². The summed E-state index contributed by atoms with van der Waals surface area (Å²) in [5.74, 6) is -0.445. The molecule has 5 nitrogen and oxygen atoms in total. The second kappa shape index (κ2) is 4.45. The third-order valence-corrected chi connectivity index (χ3v) is 1.93. The van der Waals surface area contributed by atoms with Crippen molar-refractivity contribution < 1.29 is 9.59 Å². The first-order valence-electron chi connectivity index (χ1n) is 4.30. The molecule has 0 aromatic carbocycles. The molecule has 1 aliphatic rings. The van der Waals surface area contributed by atoms with Gasteiger partial charge in [-0.15, -0.1) is 0 Å². The lowest BCUT2D eigenvalue weighted by Gasteiger charge is -2.16. The predicted octanol–water partition coefficient (Wildman–Crippen LogP) is -0.344. The number of urea groups is 1. The Morgan fingerprint density at radius 3 is 2.71 bits per heavy atom. The van der Waals surface area contributed by atoms with Crippen LogP contribution in [0.25, 0.3) is 0 Å². The minimum absolute atomic E-state index is 0.0713. The molecule has 0 spiro atoms. The van der Waals surface area contributed by atoms with Crippen molar-refractivity contribution in [2.75, 3.05) is 7.05 Å². The Hall–Kier alpha value is -1.78. The molecule has 76 valence electrons. The van der Waals surface area contributed by atoms with Crippen LogP contribution in [0.15, 0.2) is 23.8 Å². The van der Waals surface area contributed by atoms with E-state index in [1.807, 2.05) is 0 Å². The highest BCUT2D eigenvalue weighted by atomic mass is 16.2. The molecule has 1 aliphatic carbocycles. The quantitative estimate of drug-likeness (QED) is 0.563. The zero-order valence-corrected chi connectivity index (χ0v) is 7.91. The monoisotopic (exact) mass is 195 g/mol. The molecule has 1 rings (SSSR count). The van der Waals surface area contributed by atoms with Gasteiger partial charge in [-0.3, -0.25) is 4.79 Å². The van der Waals surface area contributed by atoms with Gasteiger partial charge in [0.05, 0.1) is 6.04 Å². The van der Waals surface area contributed by atoms with E-state index in [1.165, 1.54) is 0 Å². The number of amides is 3. The van der Waals surface area contributed by atoms with E-state index in [1.54, 1.807) is 25.3 Å². The van der Waals surface area contributed by atoms with Crippen molar-refractivity contribution in [3.63, 3.8) is 0 Å². The third-order valence-electron chi connectivity index (χ3n) is 1.93. The Kier molecular flexibility index (Phi) is 3.28. The summed E-state index contributed by atoms with van der Waals surface area (Å²) in [5.41, 5.74) is 5.57. The SMILES string of the molecule is CNC(=O)NC1C=CC(C(N)=O)=CC1. The molecule has 4 N–H and O–H groups in total. The molecular formula is C9H13N3O2. The molecule has 0 aliphatic heterocycles. The zero-order chi connectivity index (χ0) is 10.6. The summed E-state index contributed by atoms with van der Waals surface area (Å²) in [7, 11) is 1.55. The van der Waals surface area contributed by atoms with Crippen LogP contribution < -0.4 is 16.4 Å². The van der Waals surface area contributed by atoms with Crippen LogP contribution in [0.4, 0.5) is 4.79 Å². The second-order valence-electron chi connectivity index (χ2n) is 2.95. The maximum Gasteiger partial charge on any atom is 0.315 e. The molecule has 1 unspecified atom stereocenters. The largest absolute Gasteiger partial charge is 0.366 e. The maximum absolute atomic E-state index is 10.9. The van der Waals surface area contributed by atoms with E-state index in [9.17, 15) is 9.59 Å². The van der Waals surface area contributed by atoms with Crippen LogP contribution in [0.1, 0.15) is 6.42 Å². The maximum atomic E-state index is 10.9. The van der Waals surface area contributed by atoms with Gasteiger partial charge in [0, 0.05) is 12.6 Å². The fourth-order valence-corrected chi connectivity index (χ4v) is 1.15. The number of hydrogen-bond donors (Lipinski definition) is 3. The highest BCUT2D eigenvalue weighted by Crippen LogP contribution is 2.09. The minimum atomic E-state index is -0.445. The summed E-state index contributed by atoms with van der Waals surface area (Å²) in [6, 6.07) is -0.311. The molecule has 0 aromatic rings. The van der Waals surface area contributed by atoms with Gasteiger partial charge >= 0.3 is 6.03 Å². The predicted molar refractivity (Wildman–Crippen MR) is 52.4 cm³/mol. The molecule has 0 radical (unpaired) electrons. The van der Waals surface area contributed by atoms with Crippen LogP contribution in [-0.2, 0) is 4.79 Å². The van der Waals surface area contributed by atoms with E-state index in [-0.39, 0.29) is 12.1 Å². The van der Waals surface area contributed by atoms with Gasteiger partial charge in [-0.05, 0) is 6.42 Å². The lowest BCUT2D eigenvalue weighted by atomic mass is 10.0. The molecule has 0 fully saturated rings. The van der Waals surface area contributed by atoms with Gasteiger partial charge in [-0.25, -0.2) is 4.79 Å². The van der Waals surface area contributed by atoms with E-state index in [0.29, 0.717) is 12.0 Å². The number of rotatable bonds is 2. The van der Waals surface area contributed by atoms with Crippen molar-refractivity contribution in [2.45, 2.75) is 12.5 Å². The van der Waals surface area contributed by atoms with E-state index in [4.69, 9.17) is 5.73 Å². The van der Waals surface area contributed by atoms with Crippen molar-refractivity contribution >= 4 is 11.9 Å². The lowest BCUT2D eigenvalue weighted by molar-refractivity contribution is -0.114. The zero-order valence-electron chi connectivity index (χ0n) is 7.91. The molecule has 14 heavy (non-hydrogen) atoms. The van der Waals surface area contributed by atoms with Crippen LogP contribution in [-0.4, -0.2) is 25.0 Å². The second-order valence-corrected chi connectivity index (χ2v) is 2.95. The number of carbonyl (C=O) groups excluding carboxylic acids is 2. The normalized spacial score (nSPS) is 19.8. The fraction of sp³-hybridized carbons (Fsp3) is 0.333. The summed E-state index contributed by atoms with van der Waals surface area (Å²) >= 11 is 0. The van der Waals surface area contributed by atoms with Crippen LogP contribution in [0.3, 0.4) is 0 Å². The summed E-state index contributed by atoms with van der Waals surface area (Å²) in [6.45, 7) is 0. The molecule has 3 amide bonds. The first-order chi connectivity index (χ1) is 6.63. The standard InChI is InChI=1S/C9H13N3O2/c1-11-9(14)12-7-4-2-6(3-5-7)8(10)13/h2-4,7H,5H2,1H3,(H2,10,13)(H2,11,12,14). The van der Waals surface area contributed by atoms with Gasteiger partial charge in [0.2, 0.25) is 5.91 Å². The summed E-state index contributed by atoms with van der Waals surface area (Å²) < 4.78 is 0. The van der Waals surface area contributed by atoms with E-state index >= 15 is 0 Å². The van der Waals surface area contributed by atoms with Gasteiger partial charge in [-0.1, -0.05) is 18.2 Å². The van der Waals surface area contributed by atoms with Crippen LogP contribution in [0, 0.1) is 0 Å². The van der Waals surface area contributed by atoms with Gasteiger partial charge in [-0.2, -0.15) is 0 Å². The topological polar surface area (TPSA) is 84.2 Å². The van der Waals surface area contributed by atoms with Crippen molar-refractivity contribution in [1.82, 2.24) is 10.6 Å². The van der Waals surface area contributed by atoms with E-state index in [0.717, 1.165) is 0 Å². The third kappa shape index (κ3) is 2.62. The molecule has 0 saturated carbocycles. The Labute approximate surface area is 82.0 Å². The highest BCUT2D eigenvalue weighted by molar-refractivity contribution is 5.95. The molecule has 0 heterocycles. The fourth-order valence-electron chi connectivity index (χ4n) is 1.15. The molecular weight excluding hydrogens is 182 g/mol. The smallest absolute Gasteiger partial charge is 0.315 e. The number of primary amides is 1. The first-order valence-corrected chi connectivity index (χ1v) is 4.30. The van der Waals surface area contributed by atoms with Crippen LogP contribution in [0.5, 0.6) is 0 Å².